The predicted octanol–water partition coefficient (Wildman–Crippen LogP) is 5.35. The molecule has 182 valence electrons. The lowest BCUT2D eigenvalue weighted by atomic mass is 9.99. The van der Waals surface area contributed by atoms with E-state index in [1.165, 1.54) is 11.8 Å². The van der Waals surface area contributed by atoms with E-state index >= 15 is 0 Å². The summed E-state index contributed by atoms with van der Waals surface area (Å²) >= 11 is 0. The number of hydrogen-bond donors (Lipinski definition) is 1. The minimum absolute atomic E-state index is 0.154. The van der Waals surface area contributed by atoms with E-state index in [0.29, 0.717) is 40.9 Å². The van der Waals surface area contributed by atoms with Crippen LogP contribution in [0.2, 0.25) is 0 Å². The number of hydrazone groups is 1. The smallest absolute Gasteiger partial charge is 0.343 e. The van der Waals surface area contributed by atoms with Gasteiger partial charge in [-0.05, 0) is 72.9 Å². The van der Waals surface area contributed by atoms with Crippen LogP contribution in [0, 0.1) is 0 Å². The first-order valence-electron chi connectivity index (χ1n) is 11.6. The van der Waals surface area contributed by atoms with E-state index in [-0.39, 0.29) is 12.5 Å². The Kier molecular flexibility index (Phi) is 9.42. The molecule has 1 unspecified atom stereocenters. The van der Waals surface area contributed by atoms with Crippen LogP contribution in [0.25, 0.3) is 0 Å². The quantitative estimate of drug-likeness (QED) is 0.175. The van der Waals surface area contributed by atoms with Crippen molar-refractivity contribution in [1.82, 2.24) is 5.43 Å². The van der Waals surface area contributed by atoms with Gasteiger partial charge >= 0.3 is 5.97 Å². The average Bonchev–Trinajstić information content (AvgIpc) is 2.89. The Morgan fingerprint density at radius 1 is 0.943 bits per heavy atom. The fraction of sp³-hybridized carbons (Fsp3) is 0.250. The minimum atomic E-state index is -0.477. The topological polar surface area (TPSA) is 86.2 Å². The highest BCUT2D eigenvalue weighted by atomic mass is 16.6. The lowest BCUT2D eigenvalue weighted by molar-refractivity contribution is -0.123. The molecule has 0 aliphatic heterocycles. The maximum Gasteiger partial charge on any atom is 0.343 e. The molecule has 0 aliphatic carbocycles. The van der Waals surface area contributed by atoms with Crippen LogP contribution in [-0.2, 0) is 4.79 Å². The molecule has 1 atom stereocenters. The van der Waals surface area contributed by atoms with Crippen LogP contribution >= 0.6 is 0 Å². The van der Waals surface area contributed by atoms with E-state index < -0.39 is 5.97 Å². The van der Waals surface area contributed by atoms with Gasteiger partial charge in [-0.2, -0.15) is 5.10 Å². The molecular formula is C28H30N2O5. The van der Waals surface area contributed by atoms with E-state index in [1.807, 2.05) is 37.3 Å². The van der Waals surface area contributed by atoms with Crippen molar-refractivity contribution >= 4 is 18.1 Å². The highest BCUT2D eigenvalue weighted by Gasteiger charge is 2.13. The first-order valence-corrected chi connectivity index (χ1v) is 11.6. The number of nitrogens with one attached hydrogen (secondary N) is 1. The van der Waals surface area contributed by atoms with Crippen molar-refractivity contribution in [3.05, 3.63) is 89.5 Å². The summed E-state index contributed by atoms with van der Waals surface area (Å²) in [5.74, 6) is 0.944. The highest BCUT2D eigenvalue weighted by Crippen LogP contribution is 2.29. The SMILES string of the molecule is CCOc1cc(/C=N/NC(=O)COc2ccc(C(C)CC)cc2)ccc1OC(=O)c1ccccc1. The Balaban J connectivity index is 1.54. The summed E-state index contributed by atoms with van der Waals surface area (Å²) in [6.45, 7) is 6.39. The molecule has 0 aliphatic rings. The average molecular weight is 475 g/mol. The number of esters is 1. The predicted molar refractivity (Wildman–Crippen MR) is 135 cm³/mol. The van der Waals surface area contributed by atoms with E-state index in [1.54, 1.807) is 42.5 Å². The van der Waals surface area contributed by atoms with Crippen LogP contribution < -0.4 is 19.6 Å². The van der Waals surface area contributed by atoms with Crippen LogP contribution in [0.1, 0.15) is 54.6 Å². The number of ether oxygens (including phenoxy) is 3. The molecule has 3 rings (SSSR count). The minimum Gasteiger partial charge on any atom is -0.490 e. The van der Waals surface area contributed by atoms with Gasteiger partial charge in [-0.3, -0.25) is 4.79 Å². The molecule has 0 radical (unpaired) electrons. The molecule has 0 aromatic heterocycles. The molecule has 3 aromatic rings. The van der Waals surface area contributed by atoms with Gasteiger partial charge in [-0.15, -0.1) is 0 Å². The van der Waals surface area contributed by atoms with Gasteiger partial charge in [-0.1, -0.05) is 44.2 Å². The van der Waals surface area contributed by atoms with Crippen LogP contribution in [0.15, 0.2) is 77.9 Å². The monoisotopic (exact) mass is 474 g/mol. The largest absolute Gasteiger partial charge is 0.490 e. The Morgan fingerprint density at radius 3 is 2.37 bits per heavy atom. The van der Waals surface area contributed by atoms with Crippen molar-refractivity contribution < 1.29 is 23.8 Å². The Labute approximate surface area is 205 Å². The second-order valence-corrected chi connectivity index (χ2v) is 7.85. The number of hydrogen-bond acceptors (Lipinski definition) is 6. The van der Waals surface area contributed by atoms with Gasteiger partial charge in [-0.25, -0.2) is 10.2 Å². The first-order chi connectivity index (χ1) is 17.0. The molecule has 0 bridgehead atoms. The van der Waals surface area contributed by atoms with Crippen LogP contribution in [-0.4, -0.2) is 31.3 Å². The second kappa shape index (κ2) is 12.9. The Hall–Kier alpha value is -4.13. The number of amides is 1. The summed E-state index contributed by atoms with van der Waals surface area (Å²) in [6, 6.07) is 21.5. The normalized spacial score (nSPS) is 11.6. The zero-order chi connectivity index (χ0) is 25.0. The first kappa shape index (κ1) is 25.5. The van der Waals surface area contributed by atoms with Crippen molar-refractivity contribution in [2.24, 2.45) is 5.10 Å². The standard InChI is InChI=1S/C28H30N2O5/c1-4-20(3)22-12-14-24(15-13-22)34-19-27(31)30-29-18-21-11-16-25(26(17-21)33-5-2)35-28(32)23-9-7-6-8-10-23/h6-18,20H,4-5,19H2,1-3H3,(H,30,31)/b29-18+. The number of benzene rings is 3. The molecule has 1 amide bonds. The summed E-state index contributed by atoms with van der Waals surface area (Å²) in [4.78, 5) is 24.4. The summed E-state index contributed by atoms with van der Waals surface area (Å²) < 4.78 is 16.6. The molecule has 3 aromatic carbocycles. The van der Waals surface area contributed by atoms with Gasteiger partial charge in [0.2, 0.25) is 0 Å². The number of carbonyl (C=O) groups is 2. The Morgan fingerprint density at radius 2 is 1.69 bits per heavy atom. The highest BCUT2D eigenvalue weighted by molar-refractivity contribution is 5.91. The van der Waals surface area contributed by atoms with Gasteiger partial charge in [0.05, 0.1) is 18.4 Å². The van der Waals surface area contributed by atoms with Gasteiger partial charge < -0.3 is 14.2 Å². The summed E-state index contributed by atoms with van der Waals surface area (Å²) in [7, 11) is 0. The van der Waals surface area contributed by atoms with Gasteiger partial charge in [0.25, 0.3) is 5.91 Å². The van der Waals surface area contributed by atoms with Gasteiger partial charge in [0.1, 0.15) is 5.75 Å². The summed E-state index contributed by atoms with van der Waals surface area (Å²) in [5.41, 5.74) is 4.78. The van der Waals surface area contributed by atoms with E-state index in [0.717, 1.165) is 6.42 Å². The number of rotatable bonds is 11. The molecule has 7 nitrogen and oxygen atoms in total. The molecule has 0 heterocycles. The third kappa shape index (κ3) is 7.71. The number of nitrogens with zero attached hydrogens (tertiary/aromatic N) is 1. The molecule has 7 heteroatoms. The van der Waals surface area contributed by atoms with Crippen molar-refractivity contribution in [2.45, 2.75) is 33.1 Å². The Bertz CT molecular complexity index is 1140. The van der Waals surface area contributed by atoms with Crippen LogP contribution in [0.3, 0.4) is 0 Å². The fourth-order valence-electron chi connectivity index (χ4n) is 3.18. The van der Waals surface area contributed by atoms with Gasteiger partial charge in [0.15, 0.2) is 18.1 Å². The summed E-state index contributed by atoms with van der Waals surface area (Å²) in [5, 5.41) is 3.97. The lowest BCUT2D eigenvalue weighted by Gasteiger charge is -2.11. The van der Waals surface area contributed by atoms with Crippen molar-refractivity contribution in [3.63, 3.8) is 0 Å². The van der Waals surface area contributed by atoms with Crippen molar-refractivity contribution in [2.75, 3.05) is 13.2 Å². The molecule has 35 heavy (non-hydrogen) atoms. The maximum absolute atomic E-state index is 12.4. The molecule has 0 saturated heterocycles. The van der Waals surface area contributed by atoms with Crippen molar-refractivity contribution in [3.8, 4) is 17.2 Å². The van der Waals surface area contributed by atoms with Crippen LogP contribution in [0.5, 0.6) is 17.2 Å². The molecular weight excluding hydrogens is 444 g/mol. The van der Waals surface area contributed by atoms with Crippen LogP contribution in [0.4, 0.5) is 0 Å². The fourth-order valence-corrected chi connectivity index (χ4v) is 3.18. The van der Waals surface area contributed by atoms with E-state index in [9.17, 15) is 9.59 Å². The molecule has 0 fully saturated rings. The third-order valence-corrected chi connectivity index (χ3v) is 5.31. The van der Waals surface area contributed by atoms with Crippen molar-refractivity contribution in [1.29, 1.82) is 0 Å². The molecule has 0 saturated carbocycles. The molecule has 0 spiro atoms. The zero-order valence-corrected chi connectivity index (χ0v) is 20.2. The third-order valence-electron chi connectivity index (χ3n) is 5.31. The summed E-state index contributed by atoms with van der Waals surface area (Å²) in [6.07, 6.45) is 2.54. The maximum atomic E-state index is 12.4. The van der Waals surface area contributed by atoms with E-state index in [2.05, 4.69) is 24.4 Å². The van der Waals surface area contributed by atoms with Gasteiger partial charge in [0, 0.05) is 0 Å². The second-order valence-electron chi connectivity index (χ2n) is 7.85. The van der Waals surface area contributed by atoms with E-state index in [4.69, 9.17) is 14.2 Å². The molecule has 1 N–H and O–H groups in total. The lowest BCUT2D eigenvalue weighted by Crippen LogP contribution is -2.24. The number of carbonyl (C=O) groups excluding carboxylic acids is 2. The zero-order valence-electron chi connectivity index (χ0n) is 20.2.